The summed E-state index contributed by atoms with van der Waals surface area (Å²) >= 11 is 13.6. The highest BCUT2D eigenvalue weighted by atomic mass is 35.5. The van der Waals surface area contributed by atoms with Crippen molar-refractivity contribution in [2.24, 2.45) is 4.99 Å². The fraction of sp³-hybridized carbons (Fsp3) is 0.185. The number of amides is 1. The first-order valence-electron chi connectivity index (χ1n) is 11.5. The zero-order chi connectivity index (χ0) is 27.4. The van der Waals surface area contributed by atoms with Gasteiger partial charge in [-0.25, -0.2) is 4.99 Å². The molecular formula is C27H23Cl2N3O5S. The van der Waals surface area contributed by atoms with E-state index >= 15 is 0 Å². The van der Waals surface area contributed by atoms with Crippen molar-refractivity contribution in [1.29, 1.82) is 0 Å². The van der Waals surface area contributed by atoms with Gasteiger partial charge in [0, 0.05) is 16.7 Å². The van der Waals surface area contributed by atoms with Crippen molar-refractivity contribution in [3.63, 3.8) is 0 Å². The number of nitro groups is 1. The lowest BCUT2D eigenvalue weighted by atomic mass is 10.1. The number of amidine groups is 1. The van der Waals surface area contributed by atoms with E-state index in [-0.39, 0.29) is 18.2 Å². The molecule has 0 unspecified atom stereocenters. The Morgan fingerprint density at radius 2 is 1.84 bits per heavy atom. The maximum absolute atomic E-state index is 12.6. The zero-order valence-electron chi connectivity index (χ0n) is 20.7. The first-order chi connectivity index (χ1) is 18.1. The molecule has 1 aliphatic rings. The number of nitrogens with one attached hydrogen (secondary N) is 1. The topological polar surface area (TPSA) is 103 Å². The van der Waals surface area contributed by atoms with Crippen LogP contribution in [0.1, 0.15) is 29.2 Å². The van der Waals surface area contributed by atoms with Gasteiger partial charge in [0.05, 0.1) is 27.1 Å². The van der Waals surface area contributed by atoms with Gasteiger partial charge in [0.1, 0.15) is 6.61 Å². The molecule has 196 valence electrons. The Morgan fingerprint density at radius 3 is 2.53 bits per heavy atom. The van der Waals surface area contributed by atoms with Crippen LogP contribution in [0.5, 0.6) is 11.5 Å². The first kappa shape index (κ1) is 27.5. The molecule has 0 atom stereocenters. The number of carbonyl (C=O) groups is 1. The maximum atomic E-state index is 12.6. The minimum atomic E-state index is -0.444. The van der Waals surface area contributed by atoms with Gasteiger partial charge in [-0.05, 0) is 85.6 Å². The van der Waals surface area contributed by atoms with Crippen LogP contribution in [-0.2, 0) is 11.4 Å². The monoisotopic (exact) mass is 571 g/mol. The van der Waals surface area contributed by atoms with Crippen molar-refractivity contribution in [1.82, 2.24) is 5.32 Å². The predicted octanol–water partition coefficient (Wildman–Crippen LogP) is 7.39. The smallest absolute Gasteiger partial charge is 0.274 e. The van der Waals surface area contributed by atoms with Crippen LogP contribution in [0.3, 0.4) is 0 Å². The van der Waals surface area contributed by atoms with Gasteiger partial charge in [0.25, 0.3) is 11.6 Å². The number of aryl methyl sites for hydroxylation is 1. The lowest BCUT2D eigenvalue weighted by Gasteiger charge is -2.15. The standard InChI is InChI=1S/C27H23Cl2N3O5S/c1-4-36-23-11-18(10-21(29)25(23)37-14-17-5-7-19(28)8-6-17)12-24-26(33)31-27(38-24)30-20-9-15(2)16(3)22(13-20)32(34)35/h5-13H,4,14H2,1-3H3,(H,30,31,33)/b24-12-. The van der Waals surface area contributed by atoms with Crippen molar-refractivity contribution < 1.29 is 19.2 Å². The van der Waals surface area contributed by atoms with Gasteiger partial charge in [-0.15, -0.1) is 0 Å². The van der Waals surface area contributed by atoms with Gasteiger partial charge in [-0.2, -0.15) is 0 Å². The summed E-state index contributed by atoms with van der Waals surface area (Å²) in [5, 5.41) is 15.3. The minimum Gasteiger partial charge on any atom is -0.490 e. The molecule has 1 aliphatic heterocycles. The van der Waals surface area contributed by atoms with Crippen LogP contribution < -0.4 is 14.8 Å². The van der Waals surface area contributed by atoms with Gasteiger partial charge in [0.2, 0.25) is 0 Å². The van der Waals surface area contributed by atoms with Gasteiger partial charge in [0.15, 0.2) is 16.7 Å². The summed E-state index contributed by atoms with van der Waals surface area (Å²) in [6.07, 6.45) is 1.67. The number of ether oxygens (including phenoxy) is 2. The number of hydrogen-bond donors (Lipinski definition) is 1. The van der Waals surface area contributed by atoms with Gasteiger partial charge < -0.3 is 14.8 Å². The Kier molecular flexibility index (Phi) is 8.61. The van der Waals surface area contributed by atoms with Crippen LogP contribution in [0.25, 0.3) is 6.08 Å². The SMILES string of the molecule is CCOc1cc(/C=C2\SC(=Nc3cc(C)c(C)c([N+](=O)[O-])c3)NC2=O)cc(Cl)c1OCc1ccc(Cl)cc1. The van der Waals surface area contributed by atoms with E-state index in [0.717, 1.165) is 22.9 Å². The van der Waals surface area contributed by atoms with Crippen LogP contribution in [0.4, 0.5) is 11.4 Å². The second kappa shape index (κ2) is 11.9. The molecule has 11 heteroatoms. The second-order valence-corrected chi connectivity index (χ2v) is 10.2. The average molecular weight is 572 g/mol. The van der Waals surface area contributed by atoms with Crippen molar-refractivity contribution in [3.05, 3.63) is 95.8 Å². The lowest BCUT2D eigenvalue weighted by Crippen LogP contribution is -2.19. The summed E-state index contributed by atoms with van der Waals surface area (Å²) in [4.78, 5) is 28.3. The Labute approximate surface area is 233 Å². The van der Waals surface area contributed by atoms with E-state index in [2.05, 4.69) is 10.3 Å². The predicted molar refractivity (Wildman–Crippen MR) is 152 cm³/mol. The highest BCUT2D eigenvalue weighted by molar-refractivity contribution is 8.18. The number of aliphatic imine (C=N–C) groups is 1. The number of benzene rings is 3. The van der Waals surface area contributed by atoms with E-state index in [4.69, 9.17) is 32.7 Å². The van der Waals surface area contributed by atoms with E-state index < -0.39 is 4.92 Å². The van der Waals surface area contributed by atoms with Crippen LogP contribution >= 0.6 is 35.0 Å². The molecule has 1 fully saturated rings. The molecule has 38 heavy (non-hydrogen) atoms. The molecule has 0 bridgehead atoms. The van der Waals surface area contributed by atoms with Crippen molar-refractivity contribution in [2.45, 2.75) is 27.4 Å². The number of rotatable bonds is 8. The number of halogens is 2. The first-order valence-corrected chi connectivity index (χ1v) is 13.1. The Bertz CT molecular complexity index is 1470. The zero-order valence-corrected chi connectivity index (χ0v) is 23.0. The number of thioether (sulfide) groups is 1. The molecule has 0 saturated carbocycles. The Hall–Kier alpha value is -3.53. The van der Waals surface area contributed by atoms with Crippen molar-refractivity contribution >= 4 is 63.5 Å². The third kappa shape index (κ3) is 6.48. The van der Waals surface area contributed by atoms with E-state index in [1.165, 1.54) is 6.07 Å². The van der Waals surface area contributed by atoms with Crippen molar-refractivity contribution in [3.8, 4) is 11.5 Å². The highest BCUT2D eigenvalue weighted by Gasteiger charge is 2.25. The average Bonchev–Trinajstić information content (AvgIpc) is 3.20. The molecule has 1 saturated heterocycles. The largest absolute Gasteiger partial charge is 0.490 e. The Morgan fingerprint density at radius 1 is 1.11 bits per heavy atom. The van der Waals surface area contributed by atoms with E-state index in [1.807, 2.05) is 19.1 Å². The Balaban J connectivity index is 1.57. The second-order valence-electron chi connectivity index (χ2n) is 8.32. The third-order valence-corrected chi connectivity index (χ3v) is 7.07. The number of nitrogens with zero attached hydrogens (tertiary/aromatic N) is 2. The molecule has 1 heterocycles. The quantitative estimate of drug-likeness (QED) is 0.172. The number of hydrogen-bond acceptors (Lipinski definition) is 7. The number of nitro benzene ring substituents is 1. The van der Waals surface area contributed by atoms with Crippen molar-refractivity contribution in [2.75, 3.05) is 6.61 Å². The maximum Gasteiger partial charge on any atom is 0.274 e. The summed E-state index contributed by atoms with van der Waals surface area (Å²) in [7, 11) is 0. The molecule has 3 aromatic rings. The lowest BCUT2D eigenvalue weighted by molar-refractivity contribution is -0.385. The molecular weight excluding hydrogens is 549 g/mol. The van der Waals surface area contributed by atoms with Crippen LogP contribution in [0.15, 0.2) is 58.4 Å². The molecule has 0 aliphatic carbocycles. The fourth-order valence-electron chi connectivity index (χ4n) is 3.64. The summed E-state index contributed by atoms with van der Waals surface area (Å²) in [6, 6.07) is 13.8. The normalized spacial score (nSPS) is 15.1. The van der Waals surface area contributed by atoms with Crippen LogP contribution in [0.2, 0.25) is 10.0 Å². The third-order valence-electron chi connectivity index (χ3n) is 5.63. The minimum absolute atomic E-state index is 0.0223. The molecule has 0 radical (unpaired) electrons. The fourth-order valence-corrected chi connectivity index (χ4v) is 4.88. The number of carbonyl (C=O) groups excluding carboxylic acids is 1. The molecule has 3 aromatic carbocycles. The van der Waals surface area contributed by atoms with Gasteiger partial charge >= 0.3 is 0 Å². The van der Waals surface area contributed by atoms with E-state index in [0.29, 0.717) is 55.0 Å². The summed E-state index contributed by atoms with van der Waals surface area (Å²) < 4.78 is 11.7. The molecule has 0 spiro atoms. The highest BCUT2D eigenvalue weighted by Crippen LogP contribution is 2.39. The summed E-state index contributed by atoms with van der Waals surface area (Å²) in [6.45, 7) is 5.98. The molecule has 1 N–H and O–H groups in total. The van der Waals surface area contributed by atoms with Gasteiger partial charge in [-0.3, -0.25) is 14.9 Å². The van der Waals surface area contributed by atoms with Gasteiger partial charge in [-0.1, -0.05) is 35.3 Å². The molecule has 4 rings (SSSR count). The molecule has 1 amide bonds. The van der Waals surface area contributed by atoms with Crippen LogP contribution in [-0.4, -0.2) is 22.6 Å². The molecule has 8 nitrogen and oxygen atoms in total. The van der Waals surface area contributed by atoms with E-state index in [1.54, 1.807) is 50.3 Å². The molecule has 0 aromatic heterocycles. The van der Waals surface area contributed by atoms with E-state index in [9.17, 15) is 14.9 Å². The summed E-state index contributed by atoms with van der Waals surface area (Å²) in [5.41, 5.74) is 3.22. The van der Waals surface area contributed by atoms with Crippen LogP contribution in [0, 0.1) is 24.0 Å². The summed E-state index contributed by atoms with van der Waals surface area (Å²) in [5.74, 6) is 0.498.